The first kappa shape index (κ1) is 25.2. The number of benzene rings is 2. The summed E-state index contributed by atoms with van der Waals surface area (Å²) >= 11 is 0. The molecule has 2 aromatic carbocycles. The smallest absolute Gasteiger partial charge is 0.0760 e. The van der Waals surface area contributed by atoms with E-state index in [1.807, 2.05) is 0 Å². The topological polar surface area (TPSA) is 0 Å². The van der Waals surface area contributed by atoms with E-state index in [2.05, 4.69) is 125 Å². The van der Waals surface area contributed by atoms with E-state index in [1.54, 1.807) is 16.3 Å². The van der Waals surface area contributed by atoms with Crippen LogP contribution in [0.2, 0.25) is 18.6 Å². The molecule has 0 radical (unpaired) electrons. The lowest BCUT2D eigenvalue weighted by molar-refractivity contribution is 0.517. The molecule has 4 rings (SSSR count). The number of allylic oxidation sites excluding steroid dienone is 4. The van der Waals surface area contributed by atoms with Crippen LogP contribution >= 0.6 is 0 Å². The van der Waals surface area contributed by atoms with Crippen LogP contribution in [0.15, 0.2) is 53.6 Å². The average molecular weight is 471 g/mol. The highest BCUT2D eigenvalue weighted by atomic mass is 28.3. The first-order valence-corrected chi connectivity index (χ1v) is 16.2. The SMILES string of the molecule is CC1=CC(C(C)(C)C)=CC1[Si](C)(C)c1cc(C(C)(C)C)cc2c1Cc1ccc(C(C)(C)C)cc1-2. The zero-order chi connectivity index (χ0) is 25.4. The Balaban J connectivity index is 1.93. The lowest BCUT2D eigenvalue weighted by Crippen LogP contribution is -2.48. The van der Waals surface area contributed by atoms with E-state index in [-0.39, 0.29) is 16.2 Å². The molecule has 2 aliphatic rings. The molecule has 0 spiro atoms. The fraction of sp³-hybridized carbons (Fsp3) is 0.515. The summed E-state index contributed by atoms with van der Waals surface area (Å²) in [5, 5.41) is 1.67. The van der Waals surface area contributed by atoms with E-state index in [1.165, 1.54) is 33.4 Å². The summed E-state index contributed by atoms with van der Waals surface area (Å²) in [4.78, 5) is 0. The summed E-state index contributed by atoms with van der Waals surface area (Å²) < 4.78 is 0. The van der Waals surface area contributed by atoms with E-state index in [0.717, 1.165) is 6.42 Å². The number of hydrogen-bond acceptors (Lipinski definition) is 0. The Hall–Kier alpha value is -1.86. The molecule has 0 N–H and O–H groups in total. The van der Waals surface area contributed by atoms with Crippen molar-refractivity contribution in [1.82, 2.24) is 0 Å². The van der Waals surface area contributed by atoms with Crippen LogP contribution in [0, 0.1) is 5.41 Å². The molecule has 182 valence electrons. The van der Waals surface area contributed by atoms with Crippen molar-refractivity contribution in [3.05, 3.63) is 75.9 Å². The van der Waals surface area contributed by atoms with Gasteiger partial charge in [0.2, 0.25) is 0 Å². The van der Waals surface area contributed by atoms with Crippen LogP contribution in [0.1, 0.15) is 91.5 Å². The van der Waals surface area contributed by atoms with Gasteiger partial charge in [0.25, 0.3) is 0 Å². The van der Waals surface area contributed by atoms with Crippen LogP contribution in [-0.4, -0.2) is 8.07 Å². The molecule has 0 amide bonds. The maximum Gasteiger partial charge on any atom is 0.0919 e. The van der Waals surface area contributed by atoms with Gasteiger partial charge >= 0.3 is 0 Å². The molecule has 1 heteroatoms. The van der Waals surface area contributed by atoms with Gasteiger partial charge in [0, 0.05) is 0 Å². The molecule has 2 aliphatic carbocycles. The number of hydrogen-bond donors (Lipinski definition) is 0. The standard InChI is InChI=1S/C33H46Si/c1-21-15-24(32(5,6)7)19-29(21)34(11,12)30-20-25(33(8,9)10)18-27-26-17-23(31(2,3)4)14-13-22(26)16-28(27)30/h13-15,17-20,29H,16H2,1-12H3. The molecular weight excluding hydrogens is 424 g/mol. The Morgan fingerprint density at radius 3 is 1.85 bits per heavy atom. The summed E-state index contributed by atoms with van der Waals surface area (Å²) in [6, 6.07) is 12.4. The second-order valence-corrected chi connectivity index (χ2v) is 19.2. The summed E-state index contributed by atoms with van der Waals surface area (Å²) in [5.74, 6) is 0. The van der Waals surface area contributed by atoms with Gasteiger partial charge < -0.3 is 0 Å². The summed E-state index contributed by atoms with van der Waals surface area (Å²) in [7, 11) is -1.83. The zero-order valence-electron chi connectivity index (χ0n) is 23.8. The van der Waals surface area contributed by atoms with Crippen molar-refractivity contribution in [2.45, 2.75) is 105 Å². The van der Waals surface area contributed by atoms with Crippen LogP contribution in [0.25, 0.3) is 11.1 Å². The quantitative estimate of drug-likeness (QED) is 0.328. The van der Waals surface area contributed by atoms with E-state index in [0.29, 0.717) is 5.54 Å². The predicted molar refractivity (Wildman–Crippen MR) is 154 cm³/mol. The van der Waals surface area contributed by atoms with Gasteiger partial charge in [0.05, 0.1) is 8.07 Å². The Morgan fingerprint density at radius 1 is 0.735 bits per heavy atom. The Bertz CT molecular complexity index is 1200. The van der Waals surface area contributed by atoms with Crippen molar-refractivity contribution in [1.29, 1.82) is 0 Å². The van der Waals surface area contributed by atoms with Gasteiger partial charge in [-0.2, -0.15) is 0 Å². The second kappa shape index (κ2) is 7.82. The molecule has 1 atom stereocenters. The van der Waals surface area contributed by atoms with Crippen LogP contribution in [0.5, 0.6) is 0 Å². The van der Waals surface area contributed by atoms with E-state index in [9.17, 15) is 0 Å². The molecule has 0 aromatic heterocycles. The van der Waals surface area contributed by atoms with Crippen molar-refractivity contribution in [3.63, 3.8) is 0 Å². The van der Waals surface area contributed by atoms with E-state index in [4.69, 9.17) is 0 Å². The zero-order valence-corrected chi connectivity index (χ0v) is 24.8. The maximum absolute atomic E-state index is 2.62. The minimum atomic E-state index is -1.83. The third-order valence-electron chi connectivity index (χ3n) is 8.31. The number of rotatable bonds is 2. The van der Waals surface area contributed by atoms with Gasteiger partial charge in [-0.1, -0.05) is 129 Å². The highest BCUT2D eigenvalue weighted by molar-refractivity contribution is 6.92. The summed E-state index contributed by atoms with van der Waals surface area (Å²) in [5.41, 5.74) is 13.1. The van der Waals surface area contributed by atoms with Gasteiger partial charge in [-0.3, -0.25) is 0 Å². The lowest BCUT2D eigenvalue weighted by atomic mass is 9.83. The van der Waals surface area contributed by atoms with Gasteiger partial charge in [0.1, 0.15) is 0 Å². The van der Waals surface area contributed by atoms with Crippen molar-refractivity contribution in [2.75, 3.05) is 0 Å². The normalized spacial score (nSPS) is 18.5. The molecule has 0 saturated carbocycles. The van der Waals surface area contributed by atoms with Gasteiger partial charge in [-0.25, -0.2) is 0 Å². The largest absolute Gasteiger partial charge is 0.0919 e. The van der Waals surface area contributed by atoms with Crippen LogP contribution < -0.4 is 5.19 Å². The molecule has 0 nitrogen and oxygen atoms in total. The molecule has 0 heterocycles. The first-order valence-electron chi connectivity index (χ1n) is 13.1. The molecule has 34 heavy (non-hydrogen) atoms. The molecule has 0 bridgehead atoms. The van der Waals surface area contributed by atoms with Crippen molar-refractivity contribution in [2.24, 2.45) is 5.41 Å². The Morgan fingerprint density at radius 2 is 1.32 bits per heavy atom. The van der Waals surface area contributed by atoms with E-state index >= 15 is 0 Å². The molecule has 2 aromatic rings. The molecule has 0 saturated heterocycles. The van der Waals surface area contributed by atoms with Gasteiger partial charge in [-0.15, -0.1) is 0 Å². The molecule has 0 fully saturated rings. The minimum absolute atomic E-state index is 0.131. The Labute approximate surface area is 210 Å². The van der Waals surface area contributed by atoms with Gasteiger partial charge in [-0.05, 0) is 74.1 Å². The molecule has 0 aliphatic heterocycles. The first-order chi connectivity index (χ1) is 15.4. The average Bonchev–Trinajstić information content (AvgIpc) is 3.26. The van der Waals surface area contributed by atoms with Crippen molar-refractivity contribution < 1.29 is 0 Å². The third kappa shape index (κ3) is 4.30. The number of fused-ring (bicyclic) bond motifs is 3. The minimum Gasteiger partial charge on any atom is -0.0760 e. The molecule has 1 unspecified atom stereocenters. The summed E-state index contributed by atoms with van der Waals surface area (Å²) in [6.45, 7) is 28.7. The van der Waals surface area contributed by atoms with Crippen molar-refractivity contribution in [3.8, 4) is 11.1 Å². The summed E-state index contributed by atoms with van der Waals surface area (Å²) in [6.07, 6.45) is 6.19. The van der Waals surface area contributed by atoms with Gasteiger partial charge in [0.15, 0.2) is 0 Å². The monoisotopic (exact) mass is 470 g/mol. The Kier molecular flexibility index (Phi) is 5.80. The van der Waals surface area contributed by atoms with Crippen LogP contribution in [0.4, 0.5) is 0 Å². The maximum atomic E-state index is 2.62. The van der Waals surface area contributed by atoms with Crippen LogP contribution in [-0.2, 0) is 17.3 Å². The predicted octanol–water partition coefficient (Wildman–Crippen LogP) is 9.07. The molecular formula is C33H46Si. The lowest BCUT2D eigenvalue weighted by Gasteiger charge is -2.34. The highest BCUT2D eigenvalue weighted by Crippen LogP contribution is 2.46. The van der Waals surface area contributed by atoms with Crippen LogP contribution in [0.3, 0.4) is 0 Å². The fourth-order valence-corrected chi connectivity index (χ4v) is 9.54. The second-order valence-electron chi connectivity index (χ2n) is 14.6. The third-order valence-corrected chi connectivity index (χ3v) is 12.3. The van der Waals surface area contributed by atoms with E-state index < -0.39 is 8.07 Å². The fourth-order valence-electron chi connectivity index (χ4n) is 5.85. The van der Waals surface area contributed by atoms with Crippen molar-refractivity contribution >= 4 is 13.3 Å². The highest BCUT2D eigenvalue weighted by Gasteiger charge is 2.41.